The molecule has 1 aliphatic heterocycles. The smallest absolute Gasteiger partial charge is 0.336 e. The number of carbonyl (C=O) groups excluding carboxylic acids is 1. The molecule has 0 bridgehead atoms. The Kier molecular flexibility index (Phi) is 4.91. The molecular formula is C19H20N2O3. The van der Waals surface area contributed by atoms with Crippen LogP contribution < -0.4 is 0 Å². The Balaban J connectivity index is 1.62. The largest absolute Gasteiger partial charge is 0.478 e. The molecule has 0 atom stereocenters. The van der Waals surface area contributed by atoms with Crippen molar-refractivity contribution in [3.63, 3.8) is 0 Å². The second-order valence-electron chi connectivity index (χ2n) is 5.90. The first-order valence-electron chi connectivity index (χ1n) is 8.03. The van der Waals surface area contributed by atoms with Crippen molar-refractivity contribution in [2.45, 2.75) is 6.54 Å². The summed E-state index contributed by atoms with van der Waals surface area (Å²) in [6.45, 7) is 3.67. The summed E-state index contributed by atoms with van der Waals surface area (Å²) in [5, 5.41) is 9.24. The van der Waals surface area contributed by atoms with E-state index in [9.17, 15) is 14.7 Å². The third kappa shape index (κ3) is 3.63. The summed E-state index contributed by atoms with van der Waals surface area (Å²) in [4.78, 5) is 28.0. The lowest BCUT2D eigenvalue weighted by Crippen LogP contribution is -2.48. The molecule has 0 aromatic heterocycles. The lowest BCUT2D eigenvalue weighted by molar-refractivity contribution is 0.0609. The van der Waals surface area contributed by atoms with E-state index in [1.54, 1.807) is 23.1 Å². The minimum atomic E-state index is -1.07. The first-order chi connectivity index (χ1) is 11.6. The summed E-state index contributed by atoms with van der Waals surface area (Å²) < 4.78 is 0. The fraction of sp³-hybridized carbons (Fsp3) is 0.263. The van der Waals surface area contributed by atoms with E-state index < -0.39 is 5.97 Å². The number of piperazine rings is 1. The molecule has 2 aromatic carbocycles. The standard InChI is InChI=1S/C19H20N2O3/c22-18(16-8-4-5-9-17(16)19(23)24)21-12-10-20(11-13-21)14-15-6-2-1-3-7-15/h1-9H,10-14H2,(H,23,24). The Bertz CT molecular complexity index is 722. The van der Waals surface area contributed by atoms with Gasteiger partial charge in [-0.3, -0.25) is 9.69 Å². The maximum absolute atomic E-state index is 12.6. The zero-order valence-electron chi connectivity index (χ0n) is 13.4. The summed E-state index contributed by atoms with van der Waals surface area (Å²) in [6.07, 6.45) is 0. The van der Waals surface area contributed by atoms with Gasteiger partial charge in [-0.15, -0.1) is 0 Å². The highest BCUT2D eigenvalue weighted by molar-refractivity contribution is 6.04. The van der Waals surface area contributed by atoms with Gasteiger partial charge in [0.1, 0.15) is 0 Å². The molecule has 1 heterocycles. The number of amides is 1. The molecule has 1 N–H and O–H groups in total. The van der Waals surface area contributed by atoms with Crippen LogP contribution in [0.3, 0.4) is 0 Å². The Morgan fingerprint density at radius 1 is 0.833 bits per heavy atom. The number of hydrogen-bond donors (Lipinski definition) is 1. The van der Waals surface area contributed by atoms with Crippen molar-refractivity contribution < 1.29 is 14.7 Å². The van der Waals surface area contributed by atoms with Gasteiger partial charge in [-0.05, 0) is 17.7 Å². The van der Waals surface area contributed by atoms with Gasteiger partial charge in [-0.2, -0.15) is 0 Å². The Morgan fingerprint density at radius 2 is 1.42 bits per heavy atom. The average molecular weight is 324 g/mol. The lowest BCUT2D eigenvalue weighted by Gasteiger charge is -2.35. The number of carboxylic acids is 1. The molecule has 0 saturated carbocycles. The molecule has 5 heteroatoms. The van der Waals surface area contributed by atoms with E-state index in [0.29, 0.717) is 13.1 Å². The third-order valence-electron chi connectivity index (χ3n) is 4.30. The van der Waals surface area contributed by atoms with E-state index in [1.807, 2.05) is 18.2 Å². The molecule has 3 rings (SSSR count). The van der Waals surface area contributed by atoms with Crippen LogP contribution in [0.1, 0.15) is 26.3 Å². The molecule has 0 aliphatic carbocycles. The highest BCUT2D eigenvalue weighted by atomic mass is 16.4. The predicted molar refractivity (Wildman–Crippen MR) is 91.0 cm³/mol. The molecule has 1 saturated heterocycles. The molecule has 5 nitrogen and oxygen atoms in total. The Labute approximate surface area is 141 Å². The number of rotatable bonds is 4. The van der Waals surface area contributed by atoms with Crippen LogP contribution in [0, 0.1) is 0 Å². The van der Waals surface area contributed by atoms with Gasteiger partial charge in [0.15, 0.2) is 0 Å². The monoisotopic (exact) mass is 324 g/mol. The van der Waals surface area contributed by atoms with E-state index in [0.717, 1.165) is 19.6 Å². The first-order valence-corrected chi connectivity index (χ1v) is 8.03. The fourth-order valence-electron chi connectivity index (χ4n) is 2.98. The zero-order valence-corrected chi connectivity index (χ0v) is 13.4. The maximum atomic E-state index is 12.6. The average Bonchev–Trinajstić information content (AvgIpc) is 2.62. The van der Waals surface area contributed by atoms with E-state index in [4.69, 9.17) is 0 Å². The van der Waals surface area contributed by atoms with Gasteiger partial charge in [0.25, 0.3) is 5.91 Å². The van der Waals surface area contributed by atoms with Crippen LogP contribution in [0.25, 0.3) is 0 Å². The van der Waals surface area contributed by atoms with Crippen molar-refractivity contribution in [1.82, 2.24) is 9.80 Å². The second kappa shape index (κ2) is 7.27. The summed E-state index contributed by atoms with van der Waals surface area (Å²) in [6, 6.07) is 16.6. The normalized spacial score (nSPS) is 15.2. The Morgan fingerprint density at radius 3 is 2.04 bits per heavy atom. The van der Waals surface area contributed by atoms with Gasteiger partial charge in [0.2, 0.25) is 0 Å². The van der Waals surface area contributed by atoms with Crippen molar-refractivity contribution in [2.24, 2.45) is 0 Å². The highest BCUT2D eigenvalue weighted by Gasteiger charge is 2.25. The van der Waals surface area contributed by atoms with Crippen LogP contribution in [-0.4, -0.2) is 53.0 Å². The van der Waals surface area contributed by atoms with E-state index >= 15 is 0 Å². The number of benzene rings is 2. The third-order valence-corrected chi connectivity index (χ3v) is 4.30. The topological polar surface area (TPSA) is 60.9 Å². The van der Waals surface area contributed by atoms with Crippen molar-refractivity contribution in [3.8, 4) is 0 Å². The predicted octanol–water partition coefficient (Wildman–Crippen LogP) is 2.34. The van der Waals surface area contributed by atoms with Gasteiger partial charge in [-0.1, -0.05) is 42.5 Å². The summed E-state index contributed by atoms with van der Waals surface area (Å²) in [5.74, 6) is -1.27. The van der Waals surface area contributed by atoms with Crippen molar-refractivity contribution >= 4 is 11.9 Å². The van der Waals surface area contributed by atoms with Gasteiger partial charge >= 0.3 is 5.97 Å². The summed E-state index contributed by atoms with van der Waals surface area (Å²) in [5.41, 5.74) is 1.59. The Hall–Kier alpha value is -2.66. The molecule has 1 aliphatic rings. The highest BCUT2D eigenvalue weighted by Crippen LogP contribution is 2.15. The minimum absolute atomic E-state index is 0.0641. The number of hydrogen-bond acceptors (Lipinski definition) is 3. The molecule has 0 unspecified atom stereocenters. The molecular weight excluding hydrogens is 304 g/mol. The molecule has 124 valence electrons. The van der Waals surface area contributed by atoms with Crippen LogP contribution in [0.2, 0.25) is 0 Å². The van der Waals surface area contributed by atoms with Crippen LogP contribution in [-0.2, 0) is 6.54 Å². The number of aromatic carboxylic acids is 1. The summed E-state index contributed by atoms with van der Waals surface area (Å²) >= 11 is 0. The van der Waals surface area contributed by atoms with Gasteiger partial charge < -0.3 is 10.0 Å². The molecule has 2 aromatic rings. The van der Waals surface area contributed by atoms with E-state index in [2.05, 4.69) is 17.0 Å². The lowest BCUT2D eigenvalue weighted by atomic mass is 10.1. The van der Waals surface area contributed by atoms with Crippen molar-refractivity contribution in [3.05, 3.63) is 71.3 Å². The van der Waals surface area contributed by atoms with Crippen LogP contribution in [0.4, 0.5) is 0 Å². The van der Waals surface area contributed by atoms with Gasteiger partial charge in [0, 0.05) is 32.7 Å². The SMILES string of the molecule is O=C(O)c1ccccc1C(=O)N1CCN(Cc2ccccc2)CC1. The number of carbonyl (C=O) groups is 2. The first kappa shape index (κ1) is 16.2. The fourth-order valence-corrected chi connectivity index (χ4v) is 2.98. The van der Waals surface area contributed by atoms with Gasteiger partial charge in [-0.25, -0.2) is 4.79 Å². The zero-order chi connectivity index (χ0) is 16.9. The quantitative estimate of drug-likeness (QED) is 0.938. The van der Waals surface area contributed by atoms with E-state index in [1.165, 1.54) is 11.6 Å². The minimum Gasteiger partial charge on any atom is -0.478 e. The number of nitrogens with zero attached hydrogens (tertiary/aromatic N) is 2. The van der Waals surface area contributed by atoms with Crippen LogP contribution >= 0.6 is 0 Å². The molecule has 1 fully saturated rings. The van der Waals surface area contributed by atoms with E-state index in [-0.39, 0.29) is 17.0 Å². The molecule has 0 radical (unpaired) electrons. The molecule has 0 spiro atoms. The second-order valence-corrected chi connectivity index (χ2v) is 5.90. The maximum Gasteiger partial charge on any atom is 0.336 e. The van der Waals surface area contributed by atoms with Gasteiger partial charge in [0.05, 0.1) is 11.1 Å². The van der Waals surface area contributed by atoms with Crippen LogP contribution in [0.15, 0.2) is 54.6 Å². The summed E-state index contributed by atoms with van der Waals surface area (Å²) in [7, 11) is 0. The number of carboxylic acid groups (broad SMARTS) is 1. The molecule has 1 amide bonds. The molecule has 24 heavy (non-hydrogen) atoms. The van der Waals surface area contributed by atoms with Crippen molar-refractivity contribution in [2.75, 3.05) is 26.2 Å². The van der Waals surface area contributed by atoms with Crippen molar-refractivity contribution in [1.29, 1.82) is 0 Å². The van der Waals surface area contributed by atoms with Crippen LogP contribution in [0.5, 0.6) is 0 Å².